The van der Waals surface area contributed by atoms with E-state index in [1.165, 1.54) is 32.1 Å². The van der Waals surface area contributed by atoms with Crippen molar-refractivity contribution < 1.29 is 4.79 Å². The van der Waals surface area contributed by atoms with Gasteiger partial charge in [0.05, 0.1) is 0 Å². The van der Waals surface area contributed by atoms with Crippen molar-refractivity contribution in [2.24, 2.45) is 11.8 Å². The van der Waals surface area contributed by atoms with Gasteiger partial charge in [-0.3, -0.25) is 4.79 Å². The standard InChI is InChI=1S/C16H25NO/c1-2-17(11-14-5-3-4-6-16(14)18)15-10-12-7-8-13(15)9-12/h11-13,15H,2-10H2,1H3. The molecule has 3 rings (SSSR count). The molecule has 3 fully saturated rings. The first-order valence-electron chi connectivity index (χ1n) is 7.77. The van der Waals surface area contributed by atoms with Crippen molar-refractivity contribution in [1.82, 2.24) is 4.90 Å². The maximum Gasteiger partial charge on any atom is 0.160 e. The van der Waals surface area contributed by atoms with Crippen LogP contribution in [-0.2, 0) is 4.79 Å². The highest BCUT2D eigenvalue weighted by Gasteiger charge is 2.41. The molecule has 3 unspecified atom stereocenters. The molecule has 0 saturated heterocycles. The van der Waals surface area contributed by atoms with Gasteiger partial charge in [0.2, 0.25) is 0 Å². The van der Waals surface area contributed by atoms with Gasteiger partial charge < -0.3 is 4.90 Å². The molecule has 18 heavy (non-hydrogen) atoms. The molecule has 2 nitrogen and oxygen atoms in total. The van der Waals surface area contributed by atoms with E-state index in [0.29, 0.717) is 5.78 Å². The lowest BCUT2D eigenvalue weighted by Gasteiger charge is -2.34. The van der Waals surface area contributed by atoms with E-state index in [1.54, 1.807) is 0 Å². The molecule has 3 aliphatic rings. The first kappa shape index (κ1) is 12.3. The predicted octanol–water partition coefficient (Wildman–Crippen LogP) is 3.52. The number of nitrogens with zero attached hydrogens (tertiary/aromatic N) is 1. The lowest BCUT2D eigenvalue weighted by atomic mass is 9.92. The number of Topliss-reactive ketones (excluding diaryl/α,β-unsaturated/α-hetero) is 1. The van der Waals surface area contributed by atoms with Crippen LogP contribution in [0.5, 0.6) is 0 Å². The van der Waals surface area contributed by atoms with E-state index in [0.717, 1.165) is 49.3 Å². The van der Waals surface area contributed by atoms with E-state index in [1.807, 2.05) is 0 Å². The summed E-state index contributed by atoms with van der Waals surface area (Å²) in [7, 11) is 0. The molecule has 3 saturated carbocycles. The Morgan fingerprint density at radius 1 is 1.22 bits per heavy atom. The largest absolute Gasteiger partial charge is 0.374 e. The third kappa shape index (κ3) is 2.22. The van der Waals surface area contributed by atoms with Gasteiger partial charge in [-0.15, -0.1) is 0 Å². The second-order valence-corrected chi connectivity index (χ2v) is 6.36. The van der Waals surface area contributed by atoms with Gasteiger partial charge in [0.25, 0.3) is 0 Å². The van der Waals surface area contributed by atoms with Gasteiger partial charge in [-0.25, -0.2) is 0 Å². The highest BCUT2D eigenvalue weighted by Crippen LogP contribution is 2.46. The molecule has 0 aliphatic heterocycles. The lowest BCUT2D eigenvalue weighted by Crippen LogP contribution is -2.35. The monoisotopic (exact) mass is 247 g/mol. The zero-order valence-electron chi connectivity index (χ0n) is 11.5. The van der Waals surface area contributed by atoms with Crippen LogP contribution < -0.4 is 0 Å². The van der Waals surface area contributed by atoms with Crippen molar-refractivity contribution >= 4 is 5.78 Å². The highest BCUT2D eigenvalue weighted by molar-refractivity contribution is 5.95. The van der Waals surface area contributed by atoms with E-state index in [-0.39, 0.29) is 0 Å². The molecule has 3 aliphatic carbocycles. The number of carbonyl (C=O) groups is 1. The van der Waals surface area contributed by atoms with E-state index >= 15 is 0 Å². The number of rotatable bonds is 3. The summed E-state index contributed by atoms with van der Waals surface area (Å²) in [5.41, 5.74) is 1.10. The first-order valence-corrected chi connectivity index (χ1v) is 7.77. The summed E-state index contributed by atoms with van der Waals surface area (Å²) in [6.45, 7) is 3.29. The smallest absolute Gasteiger partial charge is 0.160 e. The van der Waals surface area contributed by atoms with Crippen LogP contribution in [0.15, 0.2) is 11.8 Å². The average molecular weight is 247 g/mol. The summed E-state index contributed by atoms with van der Waals surface area (Å²) in [4.78, 5) is 14.4. The van der Waals surface area contributed by atoms with Crippen LogP contribution in [0.2, 0.25) is 0 Å². The Bertz CT molecular complexity index is 360. The Morgan fingerprint density at radius 2 is 2.06 bits per heavy atom. The SMILES string of the molecule is CCN(C=C1CCCCC1=O)C1CC2CCC1C2. The number of fused-ring (bicyclic) bond motifs is 2. The first-order chi connectivity index (χ1) is 8.78. The van der Waals surface area contributed by atoms with Gasteiger partial charge in [0.1, 0.15) is 0 Å². The van der Waals surface area contributed by atoms with Crippen molar-refractivity contribution in [3.8, 4) is 0 Å². The minimum atomic E-state index is 0.405. The molecular weight excluding hydrogens is 222 g/mol. The summed E-state index contributed by atoms with van der Waals surface area (Å²) in [5, 5.41) is 0. The molecule has 2 bridgehead atoms. The van der Waals surface area contributed by atoms with Crippen LogP contribution in [0.25, 0.3) is 0 Å². The Morgan fingerprint density at radius 3 is 2.67 bits per heavy atom. The zero-order valence-corrected chi connectivity index (χ0v) is 11.5. The molecule has 0 spiro atoms. The quantitative estimate of drug-likeness (QED) is 0.711. The van der Waals surface area contributed by atoms with Crippen LogP contribution in [0.3, 0.4) is 0 Å². The van der Waals surface area contributed by atoms with Crippen molar-refractivity contribution in [2.75, 3.05) is 6.54 Å². The van der Waals surface area contributed by atoms with Crippen LogP contribution in [0, 0.1) is 11.8 Å². The van der Waals surface area contributed by atoms with Gasteiger partial charge >= 0.3 is 0 Å². The van der Waals surface area contributed by atoms with E-state index in [4.69, 9.17) is 0 Å². The Kier molecular flexibility index (Phi) is 3.45. The molecule has 2 heteroatoms. The zero-order chi connectivity index (χ0) is 12.5. The third-order valence-electron chi connectivity index (χ3n) is 5.27. The molecule has 0 aromatic heterocycles. The van der Waals surface area contributed by atoms with Crippen molar-refractivity contribution in [2.45, 2.75) is 64.3 Å². The van der Waals surface area contributed by atoms with Crippen LogP contribution in [0.4, 0.5) is 0 Å². The normalized spacial score (nSPS) is 37.5. The number of ketones is 1. The fraction of sp³-hybridized carbons (Fsp3) is 0.812. The highest BCUT2D eigenvalue weighted by atomic mass is 16.1. The fourth-order valence-corrected chi connectivity index (χ4v) is 4.28. The molecule has 0 amide bonds. The molecule has 0 radical (unpaired) electrons. The topological polar surface area (TPSA) is 20.3 Å². The van der Waals surface area contributed by atoms with Crippen molar-refractivity contribution in [3.63, 3.8) is 0 Å². The maximum atomic E-state index is 11.9. The number of hydrogen-bond donors (Lipinski definition) is 0. The van der Waals surface area contributed by atoms with Crippen molar-refractivity contribution in [1.29, 1.82) is 0 Å². The van der Waals surface area contributed by atoms with Gasteiger partial charge in [0.15, 0.2) is 5.78 Å². The summed E-state index contributed by atoms with van der Waals surface area (Å²) in [6.07, 6.45) is 12.0. The molecule has 100 valence electrons. The minimum absolute atomic E-state index is 0.405. The lowest BCUT2D eigenvalue weighted by molar-refractivity contribution is -0.116. The number of carbonyl (C=O) groups excluding carboxylic acids is 1. The Balaban J connectivity index is 1.72. The third-order valence-corrected chi connectivity index (χ3v) is 5.27. The summed E-state index contributed by atoms with van der Waals surface area (Å²) < 4.78 is 0. The maximum absolute atomic E-state index is 11.9. The molecule has 0 aromatic rings. The molecule has 3 atom stereocenters. The second-order valence-electron chi connectivity index (χ2n) is 6.36. The molecule has 0 aromatic carbocycles. The van der Waals surface area contributed by atoms with Gasteiger partial charge in [-0.2, -0.15) is 0 Å². The van der Waals surface area contributed by atoms with Crippen LogP contribution in [-0.4, -0.2) is 23.3 Å². The summed E-state index contributed by atoms with van der Waals surface area (Å²) in [6, 6.07) is 0.732. The Hall–Kier alpha value is -0.790. The number of hydrogen-bond acceptors (Lipinski definition) is 2. The second kappa shape index (κ2) is 5.07. The van der Waals surface area contributed by atoms with E-state index in [2.05, 4.69) is 18.0 Å². The minimum Gasteiger partial charge on any atom is -0.374 e. The fourth-order valence-electron chi connectivity index (χ4n) is 4.28. The van der Waals surface area contributed by atoms with Crippen LogP contribution >= 0.6 is 0 Å². The molecule has 0 heterocycles. The van der Waals surface area contributed by atoms with Crippen LogP contribution in [0.1, 0.15) is 58.3 Å². The van der Waals surface area contributed by atoms with Gasteiger partial charge in [-0.1, -0.05) is 6.42 Å². The average Bonchev–Trinajstić information content (AvgIpc) is 3.00. The summed E-state index contributed by atoms with van der Waals surface area (Å²) >= 11 is 0. The van der Waals surface area contributed by atoms with Crippen molar-refractivity contribution in [3.05, 3.63) is 11.8 Å². The Labute approximate surface area is 110 Å². The number of allylic oxidation sites excluding steroid dienone is 1. The molecular formula is C16H25NO. The van der Waals surface area contributed by atoms with Gasteiger partial charge in [0, 0.05) is 30.8 Å². The predicted molar refractivity (Wildman–Crippen MR) is 73.2 cm³/mol. The van der Waals surface area contributed by atoms with E-state index < -0.39 is 0 Å². The summed E-state index contributed by atoms with van der Waals surface area (Å²) in [5.74, 6) is 2.29. The molecule has 0 N–H and O–H groups in total. The van der Waals surface area contributed by atoms with Gasteiger partial charge in [-0.05, 0) is 57.3 Å². The van der Waals surface area contributed by atoms with E-state index in [9.17, 15) is 4.79 Å².